The molecule has 0 saturated carbocycles. The second kappa shape index (κ2) is 11.3. The first-order valence-corrected chi connectivity index (χ1v) is 14.2. The quantitative estimate of drug-likeness (QED) is 0.287. The van der Waals surface area contributed by atoms with Gasteiger partial charge in [-0.25, -0.2) is 23.2 Å². The number of amides is 1. The van der Waals surface area contributed by atoms with Crippen molar-refractivity contribution in [3.63, 3.8) is 0 Å². The highest BCUT2D eigenvalue weighted by atomic mass is 32.2. The van der Waals surface area contributed by atoms with Gasteiger partial charge < -0.3 is 20.4 Å². The minimum atomic E-state index is -5.37. The van der Waals surface area contributed by atoms with E-state index in [1.165, 1.54) is 43.2 Å². The van der Waals surface area contributed by atoms with E-state index in [2.05, 4.69) is 25.4 Å². The second-order valence-corrected chi connectivity index (χ2v) is 11.2. The lowest BCUT2D eigenvalue weighted by Crippen LogP contribution is -2.36. The average molecular weight is 597 g/mol. The standard InChI is InChI=1S/C24H23F3N6O5S2/c1-14(34)33-9-8-15-4-5-16(10-19(15)33)30-21-12-22(29-13-28-21)31-18-11-17(6-7-20(18)39-3)40(36,37)32(2)38-23(35)24(25,26)27/h4-7,10-13H,8-9H2,1-3H3,(H2,28,29,30,31). The molecule has 0 spiro atoms. The molecule has 0 radical (unpaired) electrons. The average Bonchev–Trinajstić information content (AvgIpc) is 3.32. The summed E-state index contributed by atoms with van der Waals surface area (Å²) in [6.45, 7) is 2.12. The number of benzene rings is 2. The van der Waals surface area contributed by atoms with E-state index in [4.69, 9.17) is 0 Å². The van der Waals surface area contributed by atoms with Gasteiger partial charge in [-0.1, -0.05) is 6.07 Å². The molecule has 11 nitrogen and oxygen atoms in total. The Labute approximate surface area is 231 Å². The van der Waals surface area contributed by atoms with E-state index in [0.29, 0.717) is 30.0 Å². The third kappa shape index (κ3) is 6.29. The monoisotopic (exact) mass is 596 g/mol. The van der Waals surface area contributed by atoms with Crippen LogP contribution in [0.4, 0.5) is 41.9 Å². The highest BCUT2D eigenvalue weighted by Gasteiger charge is 2.43. The van der Waals surface area contributed by atoms with E-state index in [1.807, 2.05) is 18.2 Å². The Morgan fingerprint density at radius 3 is 2.42 bits per heavy atom. The van der Waals surface area contributed by atoms with Crippen LogP contribution in [0.5, 0.6) is 0 Å². The molecule has 0 unspecified atom stereocenters. The van der Waals surface area contributed by atoms with Crippen molar-refractivity contribution in [2.75, 3.05) is 35.4 Å². The van der Waals surface area contributed by atoms with Crippen molar-refractivity contribution in [3.8, 4) is 0 Å². The number of hydrogen-bond acceptors (Lipinski definition) is 10. The molecule has 2 heterocycles. The third-order valence-corrected chi connectivity index (χ3v) is 8.21. The SMILES string of the molecule is CSc1ccc(S(=O)(=O)N(C)OC(=O)C(F)(F)F)cc1Nc1cc(Nc2ccc3c(c2)N(C(C)=O)CC3)ncn1. The van der Waals surface area contributed by atoms with Crippen LogP contribution in [-0.4, -0.2) is 60.8 Å². The van der Waals surface area contributed by atoms with Crippen molar-refractivity contribution in [2.24, 2.45) is 0 Å². The number of sulfonamides is 1. The smallest absolute Gasteiger partial charge is 0.345 e. The molecule has 0 fully saturated rings. The number of aromatic nitrogens is 2. The summed E-state index contributed by atoms with van der Waals surface area (Å²) in [6.07, 6.45) is -1.57. The van der Waals surface area contributed by atoms with Gasteiger partial charge in [-0.3, -0.25) is 4.79 Å². The van der Waals surface area contributed by atoms with Gasteiger partial charge in [-0.05, 0) is 53.0 Å². The minimum absolute atomic E-state index is 0.0528. The first-order valence-electron chi connectivity index (χ1n) is 11.5. The molecule has 1 aliphatic rings. The van der Waals surface area contributed by atoms with Gasteiger partial charge in [-0.15, -0.1) is 11.8 Å². The van der Waals surface area contributed by atoms with E-state index in [0.717, 1.165) is 17.7 Å². The zero-order valence-electron chi connectivity index (χ0n) is 21.3. The maximum Gasteiger partial charge on any atom is 0.492 e. The summed E-state index contributed by atoms with van der Waals surface area (Å²) in [6, 6.07) is 11.0. The molecule has 0 bridgehead atoms. The van der Waals surface area contributed by atoms with Crippen molar-refractivity contribution in [2.45, 2.75) is 29.3 Å². The number of thioether (sulfide) groups is 1. The van der Waals surface area contributed by atoms with Crippen LogP contribution < -0.4 is 15.5 Å². The number of halogens is 3. The second-order valence-electron chi connectivity index (χ2n) is 8.46. The summed E-state index contributed by atoms with van der Waals surface area (Å²) in [4.78, 5) is 37.3. The molecule has 1 amide bonds. The molecular formula is C24H23F3N6O5S2. The largest absolute Gasteiger partial charge is 0.492 e. The molecule has 0 aliphatic carbocycles. The fourth-order valence-electron chi connectivity index (χ4n) is 3.88. The molecule has 1 aliphatic heterocycles. The van der Waals surface area contributed by atoms with Crippen LogP contribution in [0.25, 0.3) is 0 Å². The van der Waals surface area contributed by atoms with E-state index in [-0.39, 0.29) is 21.9 Å². The number of nitrogens with zero attached hydrogens (tertiary/aromatic N) is 4. The third-order valence-electron chi connectivity index (χ3n) is 5.81. The molecule has 0 saturated heterocycles. The number of hydrogen-bond donors (Lipinski definition) is 2. The van der Waals surface area contributed by atoms with Crippen molar-refractivity contribution >= 4 is 62.4 Å². The number of rotatable bonds is 8. The van der Waals surface area contributed by atoms with Crippen LogP contribution >= 0.6 is 11.8 Å². The predicted molar refractivity (Wildman–Crippen MR) is 142 cm³/mol. The molecule has 3 aromatic rings. The Bertz CT molecular complexity index is 1570. The van der Waals surface area contributed by atoms with Crippen LogP contribution in [0, 0.1) is 0 Å². The summed E-state index contributed by atoms with van der Waals surface area (Å²) < 4.78 is 63.1. The van der Waals surface area contributed by atoms with Crippen LogP contribution in [0.2, 0.25) is 0 Å². The van der Waals surface area contributed by atoms with Gasteiger partial charge in [0.15, 0.2) is 0 Å². The Hall–Kier alpha value is -3.89. The first kappa shape index (κ1) is 29.1. The highest BCUT2D eigenvalue weighted by Crippen LogP contribution is 2.34. The van der Waals surface area contributed by atoms with Crippen LogP contribution in [0.1, 0.15) is 12.5 Å². The van der Waals surface area contributed by atoms with Gasteiger partial charge in [-0.2, -0.15) is 13.2 Å². The van der Waals surface area contributed by atoms with Crippen LogP contribution in [0.3, 0.4) is 0 Å². The summed E-state index contributed by atoms with van der Waals surface area (Å²) in [5.41, 5.74) is 2.84. The first-order chi connectivity index (χ1) is 18.8. The number of carbonyl (C=O) groups is 2. The number of hydroxylamine groups is 1. The van der Waals surface area contributed by atoms with Crippen molar-refractivity contribution < 1.29 is 36.0 Å². The molecule has 40 heavy (non-hydrogen) atoms. The Morgan fingerprint density at radius 2 is 1.77 bits per heavy atom. The van der Waals surface area contributed by atoms with Gasteiger partial charge in [0.2, 0.25) is 5.91 Å². The van der Waals surface area contributed by atoms with Gasteiger partial charge in [0.25, 0.3) is 10.0 Å². The molecule has 212 valence electrons. The normalized spacial score (nSPS) is 13.2. The van der Waals surface area contributed by atoms with Crippen LogP contribution in [-0.2, 0) is 30.9 Å². The lowest BCUT2D eigenvalue weighted by molar-refractivity contribution is -0.219. The van der Waals surface area contributed by atoms with E-state index >= 15 is 0 Å². The summed E-state index contributed by atoms with van der Waals surface area (Å²) >= 11 is 1.28. The Balaban J connectivity index is 1.56. The van der Waals surface area contributed by atoms with Gasteiger partial charge in [0.05, 0.1) is 10.6 Å². The van der Waals surface area contributed by atoms with Crippen molar-refractivity contribution in [1.82, 2.24) is 14.4 Å². The van der Waals surface area contributed by atoms with Gasteiger partial charge >= 0.3 is 12.1 Å². The Morgan fingerprint density at radius 1 is 1.07 bits per heavy atom. The fraction of sp³-hybridized carbons (Fsp3) is 0.250. The number of carbonyl (C=O) groups excluding carboxylic acids is 2. The molecule has 0 atom stereocenters. The van der Waals surface area contributed by atoms with Crippen molar-refractivity contribution in [1.29, 1.82) is 0 Å². The summed E-state index contributed by atoms with van der Waals surface area (Å²) in [7, 11) is -3.94. The summed E-state index contributed by atoms with van der Waals surface area (Å²) in [5, 5.41) is 6.15. The molecular weight excluding hydrogens is 573 g/mol. The highest BCUT2D eigenvalue weighted by molar-refractivity contribution is 7.98. The number of fused-ring (bicyclic) bond motifs is 1. The van der Waals surface area contributed by atoms with Crippen LogP contribution in [0.15, 0.2) is 58.6 Å². The summed E-state index contributed by atoms with van der Waals surface area (Å²) in [5.74, 6) is -2.04. The number of nitrogens with one attached hydrogen (secondary N) is 2. The molecule has 2 N–H and O–H groups in total. The molecule has 16 heteroatoms. The number of anilines is 5. The van der Waals surface area contributed by atoms with Crippen molar-refractivity contribution in [3.05, 3.63) is 54.4 Å². The maximum atomic E-state index is 12.8. The zero-order valence-corrected chi connectivity index (χ0v) is 22.9. The lowest BCUT2D eigenvalue weighted by atomic mass is 10.1. The van der Waals surface area contributed by atoms with E-state index in [1.54, 1.807) is 17.2 Å². The predicted octanol–water partition coefficient (Wildman–Crippen LogP) is 4.24. The maximum absolute atomic E-state index is 12.8. The van der Waals surface area contributed by atoms with E-state index in [9.17, 15) is 31.2 Å². The number of alkyl halides is 3. The van der Waals surface area contributed by atoms with E-state index < -0.39 is 27.1 Å². The zero-order chi connectivity index (χ0) is 29.2. The molecule has 4 rings (SSSR count). The minimum Gasteiger partial charge on any atom is -0.345 e. The topological polar surface area (TPSA) is 134 Å². The lowest BCUT2D eigenvalue weighted by Gasteiger charge is -2.18. The fourth-order valence-corrected chi connectivity index (χ4v) is 5.38. The Kier molecular flexibility index (Phi) is 8.23. The van der Waals surface area contributed by atoms with Gasteiger partial charge in [0.1, 0.15) is 18.0 Å². The van der Waals surface area contributed by atoms with Gasteiger partial charge in [0, 0.05) is 42.9 Å². The molecule has 1 aromatic heterocycles. The molecule has 2 aromatic carbocycles.